The number of anilines is 2. The molecule has 0 spiro atoms. The molecule has 0 aliphatic rings. The molecule has 0 radical (unpaired) electrons. The Morgan fingerprint density at radius 3 is 2.51 bits per heavy atom. The first-order chi connectivity index (χ1) is 23.8. The van der Waals surface area contributed by atoms with Gasteiger partial charge in [-0.1, -0.05) is 84.4 Å². The van der Waals surface area contributed by atoms with E-state index in [1.165, 1.54) is 24.5 Å². The number of nitrogens with one attached hydrogen (secondary N) is 2. The number of halogens is 2. The summed E-state index contributed by atoms with van der Waals surface area (Å²) in [5.41, 5.74) is 5.08. The zero-order valence-corrected chi connectivity index (χ0v) is 27.8. The van der Waals surface area contributed by atoms with E-state index in [1.807, 2.05) is 110 Å². The molecule has 0 bridgehead atoms. The Kier molecular flexibility index (Phi) is 10.7. The standard InChI is InChI=1S/C39H35ClFN5O3/c1-46(2)20-8-15-34(47)44-32-14-7-12-29(22-32)35-36-38(42-25-43-39(36)49-37(35)28-10-4-3-5-11-28)45-33(27-16-18-30(40)19-17-27)24-48-23-26-9-6-13-31(41)21-26/h3-19,21-22,25,33H,20,23-24H2,1-2H3,(H,44,47)(H,42,43,45)/b15-8+/t33-/m1/s1. The molecule has 6 rings (SSSR count). The summed E-state index contributed by atoms with van der Waals surface area (Å²) >= 11 is 6.23. The number of furan rings is 1. The van der Waals surface area contributed by atoms with Crippen molar-refractivity contribution in [1.29, 1.82) is 0 Å². The van der Waals surface area contributed by atoms with Crippen molar-refractivity contribution in [3.63, 3.8) is 0 Å². The molecule has 0 aliphatic carbocycles. The highest BCUT2D eigenvalue weighted by atomic mass is 35.5. The molecule has 2 heterocycles. The van der Waals surface area contributed by atoms with Gasteiger partial charge < -0.3 is 24.7 Å². The first-order valence-electron chi connectivity index (χ1n) is 15.7. The molecule has 2 aromatic heterocycles. The van der Waals surface area contributed by atoms with Crippen LogP contribution in [0.4, 0.5) is 15.9 Å². The maximum atomic E-state index is 13.8. The second-order valence-electron chi connectivity index (χ2n) is 11.7. The number of benzene rings is 4. The third kappa shape index (κ3) is 8.58. The summed E-state index contributed by atoms with van der Waals surface area (Å²) in [6, 6.07) is 30.8. The summed E-state index contributed by atoms with van der Waals surface area (Å²) in [6.45, 7) is 1.11. The van der Waals surface area contributed by atoms with Crippen LogP contribution in [0.15, 0.2) is 126 Å². The van der Waals surface area contributed by atoms with Crippen molar-refractivity contribution in [2.75, 3.05) is 37.9 Å². The molecule has 0 saturated heterocycles. The fourth-order valence-corrected chi connectivity index (χ4v) is 5.55. The smallest absolute Gasteiger partial charge is 0.248 e. The van der Waals surface area contributed by atoms with Crippen LogP contribution in [-0.2, 0) is 16.1 Å². The van der Waals surface area contributed by atoms with Gasteiger partial charge in [-0.2, -0.15) is 0 Å². The quantitative estimate of drug-likeness (QED) is 0.118. The molecule has 248 valence electrons. The lowest BCUT2D eigenvalue weighted by molar-refractivity contribution is -0.111. The second kappa shape index (κ2) is 15.7. The largest absolute Gasteiger partial charge is 0.437 e. The van der Waals surface area contributed by atoms with Crippen LogP contribution in [0.5, 0.6) is 0 Å². The van der Waals surface area contributed by atoms with Gasteiger partial charge in [-0.15, -0.1) is 0 Å². The van der Waals surface area contributed by atoms with E-state index in [-0.39, 0.29) is 31.0 Å². The number of aromatic nitrogens is 2. The first-order valence-corrected chi connectivity index (χ1v) is 16.1. The van der Waals surface area contributed by atoms with E-state index in [4.69, 9.17) is 20.8 Å². The molecule has 4 aromatic carbocycles. The Labute approximate surface area is 289 Å². The van der Waals surface area contributed by atoms with E-state index in [0.717, 1.165) is 27.8 Å². The van der Waals surface area contributed by atoms with Gasteiger partial charge in [0.1, 0.15) is 23.7 Å². The van der Waals surface area contributed by atoms with Gasteiger partial charge in [-0.3, -0.25) is 4.79 Å². The first kappa shape index (κ1) is 33.5. The van der Waals surface area contributed by atoms with Crippen molar-refractivity contribution in [3.8, 4) is 22.5 Å². The van der Waals surface area contributed by atoms with Crippen molar-refractivity contribution in [2.24, 2.45) is 0 Å². The number of amides is 1. The monoisotopic (exact) mass is 675 g/mol. The van der Waals surface area contributed by atoms with Crippen LogP contribution in [-0.4, -0.2) is 48.0 Å². The predicted molar refractivity (Wildman–Crippen MR) is 193 cm³/mol. The number of likely N-dealkylation sites (N-methyl/N-ethyl adjacent to an activating group) is 1. The molecule has 8 nitrogen and oxygen atoms in total. The van der Waals surface area contributed by atoms with E-state index >= 15 is 0 Å². The van der Waals surface area contributed by atoms with E-state index in [2.05, 4.69) is 20.6 Å². The summed E-state index contributed by atoms with van der Waals surface area (Å²) in [6.07, 6.45) is 4.79. The Morgan fingerprint density at radius 1 is 0.959 bits per heavy atom. The summed E-state index contributed by atoms with van der Waals surface area (Å²) in [5, 5.41) is 7.81. The van der Waals surface area contributed by atoms with Crippen molar-refractivity contribution >= 4 is 40.1 Å². The van der Waals surface area contributed by atoms with Crippen LogP contribution >= 0.6 is 11.6 Å². The normalized spacial score (nSPS) is 12.1. The van der Waals surface area contributed by atoms with Gasteiger partial charge in [0.25, 0.3) is 0 Å². The number of hydrogen-bond donors (Lipinski definition) is 2. The fraction of sp³-hybridized carbons (Fsp3) is 0.154. The Bertz CT molecular complexity index is 2070. The van der Waals surface area contributed by atoms with Crippen LogP contribution in [0.1, 0.15) is 17.2 Å². The van der Waals surface area contributed by atoms with E-state index < -0.39 is 0 Å². The molecule has 0 saturated carbocycles. The number of rotatable bonds is 13. The predicted octanol–water partition coefficient (Wildman–Crippen LogP) is 8.78. The summed E-state index contributed by atoms with van der Waals surface area (Å²) in [5.74, 6) is 0.595. The maximum absolute atomic E-state index is 13.8. The molecule has 10 heteroatoms. The molecule has 1 amide bonds. The van der Waals surface area contributed by atoms with Gasteiger partial charge in [0, 0.05) is 34.5 Å². The molecule has 2 N–H and O–H groups in total. The number of ether oxygens (including phenoxy) is 1. The minimum absolute atomic E-state index is 0.223. The average Bonchev–Trinajstić information content (AvgIpc) is 3.49. The van der Waals surface area contributed by atoms with Crippen LogP contribution in [0.25, 0.3) is 33.6 Å². The molecule has 1 atom stereocenters. The van der Waals surface area contributed by atoms with E-state index in [9.17, 15) is 9.18 Å². The zero-order chi connectivity index (χ0) is 34.2. The number of carbonyl (C=O) groups excluding carboxylic acids is 1. The Morgan fingerprint density at radius 2 is 1.73 bits per heavy atom. The summed E-state index contributed by atoms with van der Waals surface area (Å²) in [4.78, 5) is 23.9. The third-order valence-corrected chi connectivity index (χ3v) is 7.96. The van der Waals surface area contributed by atoms with E-state index in [1.54, 1.807) is 6.07 Å². The van der Waals surface area contributed by atoms with Gasteiger partial charge >= 0.3 is 0 Å². The van der Waals surface area contributed by atoms with E-state index in [0.29, 0.717) is 39.9 Å². The fourth-order valence-electron chi connectivity index (χ4n) is 5.42. The Balaban J connectivity index is 1.39. The number of hydrogen-bond acceptors (Lipinski definition) is 7. The SMILES string of the molecule is CN(C)C/C=C/C(=O)Nc1cccc(-c2c(-c3ccccc3)oc3ncnc(N[C@H](COCc4cccc(F)c4)c4ccc(Cl)cc4)c23)c1. The van der Waals surface area contributed by atoms with Crippen molar-refractivity contribution in [3.05, 3.63) is 144 Å². The highest BCUT2D eigenvalue weighted by Crippen LogP contribution is 2.43. The minimum Gasteiger partial charge on any atom is -0.437 e. The van der Waals surface area contributed by atoms with Crippen LogP contribution < -0.4 is 10.6 Å². The molecule has 6 aromatic rings. The minimum atomic E-state index is -0.369. The highest BCUT2D eigenvalue weighted by Gasteiger charge is 2.24. The van der Waals surface area contributed by atoms with Gasteiger partial charge in [-0.05, 0) is 67.2 Å². The molecule has 49 heavy (non-hydrogen) atoms. The molecule has 0 fully saturated rings. The van der Waals surface area contributed by atoms with Gasteiger partial charge in [0.2, 0.25) is 11.6 Å². The second-order valence-corrected chi connectivity index (χ2v) is 12.1. The molecule has 0 unspecified atom stereocenters. The lowest BCUT2D eigenvalue weighted by Crippen LogP contribution is -2.18. The number of carbonyl (C=O) groups is 1. The van der Waals surface area contributed by atoms with Crippen molar-refractivity contribution in [2.45, 2.75) is 12.6 Å². The molecular weight excluding hydrogens is 641 g/mol. The number of nitrogens with zero attached hydrogens (tertiary/aromatic N) is 3. The summed E-state index contributed by atoms with van der Waals surface area (Å²) < 4.78 is 26.4. The Hall–Kier alpha value is -5.35. The van der Waals surface area contributed by atoms with Gasteiger partial charge in [0.15, 0.2) is 0 Å². The third-order valence-electron chi connectivity index (χ3n) is 7.71. The van der Waals surface area contributed by atoms with Gasteiger partial charge in [-0.25, -0.2) is 14.4 Å². The molecule has 0 aliphatic heterocycles. The highest BCUT2D eigenvalue weighted by molar-refractivity contribution is 6.30. The summed E-state index contributed by atoms with van der Waals surface area (Å²) in [7, 11) is 3.88. The lowest BCUT2D eigenvalue weighted by atomic mass is 9.98. The maximum Gasteiger partial charge on any atom is 0.248 e. The van der Waals surface area contributed by atoms with Crippen molar-refractivity contribution in [1.82, 2.24) is 14.9 Å². The lowest BCUT2D eigenvalue weighted by Gasteiger charge is -2.21. The van der Waals surface area contributed by atoms with Crippen LogP contribution in [0, 0.1) is 5.82 Å². The number of fused-ring (bicyclic) bond motifs is 1. The topological polar surface area (TPSA) is 92.5 Å². The molecular formula is C39H35ClFN5O3. The zero-order valence-electron chi connectivity index (χ0n) is 27.1. The van der Waals surface area contributed by atoms with Crippen LogP contribution in [0.3, 0.4) is 0 Å². The van der Waals surface area contributed by atoms with Crippen molar-refractivity contribution < 1.29 is 18.3 Å². The van der Waals surface area contributed by atoms with Crippen LogP contribution in [0.2, 0.25) is 5.02 Å². The van der Waals surface area contributed by atoms with Gasteiger partial charge in [0.05, 0.1) is 24.6 Å². The average molecular weight is 676 g/mol.